The molecule has 0 fully saturated rings. The van der Waals surface area contributed by atoms with Gasteiger partial charge in [0.1, 0.15) is 5.75 Å². The Bertz CT molecular complexity index is 981. The molecule has 1 aromatic carbocycles. The van der Waals surface area contributed by atoms with Crippen molar-refractivity contribution < 1.29 is 4.74 Å². The van der Waals surface area contributed by atoms with E-state index in [-0.39, 0.29) is 0 Å². The van der Waals surface area contributed by atoms with Crippen LogP contribution >= 0.6 is 12.2 Å². The minimum atomic E-state index is 0.414. The molecule has 3 rings (SSSR count). The molecule has 0 aliphatic carbocycles. The van der Waals surface area contributed by atoms with E-state index in [0.717, 1.165) is 28.3 Å². The average Bonchev–Trinajstić information content (AvgIpc) is 3.07. The molecule has 0 spiro atoms. The van der Waals surface area contributed by atoms with Crippen LogP contribution in [0.25, 0.3) is 11.4 Å². The maximum Gasteiger partial charge on any atom is 0.216 e. The summed E-state index contributed by atoms with van der Waals surface area (Å²) in [6, 6.07) is 7.69. The van der Waals surface area contributed by atoms with Crippen molar-refractivity contribution >= 4 is 18.4 Å². The molecule has 7 nitrogen and oxygen atoms in total. The maximum atomic E-state index is 5.69. The van der Waals surface area contributed by atoms with E-state index in [4.69, 9.17) is 17.0 Å². The molecule has 0 bridgehead atoms. The summed E-state index contributed by atoms with van der Waals surface area (Å²) in [5.74, 6) is 1.34. The highest BCUT2D eigenvalue weighted by atomic mass is 32.1. The lowest BCUT2D eigenvalue weighted by Gasteiger charge is -2.08. The summed E-state index contributed by atoms with van der Waals surface area (Å²) in [7, 11) is 1.91. The van der Waals surface area contributed by atoms with Crippen LogP contribution in [0, 0.1) is 18.6 Å². The van der Waals surface area contributed by atoms with Crippen LogP contribution in [-0.4, -0.2) is 37.5 Å². The molecule has 130 valence electrons. The van der Waals surface area contributed by atoms with E-state index < -0.39 is 0 Å². The monoisotopic (exact) mass is 356 g/mol. The Morgan fingerprint density at radius 1 is 1.32 bits per heavy atom. The zero-order chi connectivity index (χ0) is 18.0. The Morgan fingerprint density at radius 2 is 2.08 bits per heavy atom. The van der Waals surface area contributed by atoms with Crippen molar-refractivity contribution in [3.63, 3.8) is 0 Å². The smallest absolute Gasteiger partial charge is 0.216 e. The van der Waals surface area contributed by atoms with Gasteiger partial charge in [-0.05, 0) is 45.1 Å². The van der Waals surface area contributed by atoms with Gasteiger partial charge in [-0.15, -0.1) is 0 Å². The number of nitrogens with one attached hydrogen (secondary N) is 1. The first-order valence-corrected chi connectivity index (χ1v) is 8.38. The summed E-state index contributed by atoms with van der Waals surface area (Å²) in [6.45, 7) is 6.47. The van der Waals surface area contributed by atoms with E-state index in [2.05, 4.69) is 20.4 Å². The summed E-state index contributed by atoms with van der Waals surface area (Å²) in [4.78, 5) is 0. The molecule has 0 radical (unpaired) electrons. The summed E-state index contributed by atoms with van der Waals surface area (Å²) >= 11 is 5.34. The third-order valence-electron chi connectivity index (χ3n) is 3.95. The van der Waals surface area contributed by atoms with Gasteiger partial charge >= 0.3 is 0 Å². The Kier molecular flexibility index (Phi) is 4.80. The minimum Gasteiger partial charge on any atom is -0.493 e. The number of hydrogen-bond donors (Lipinski definition) is 1. The molecule has 0 unspecified atom stereocenters. The van der Waals surface area contributed by atoms with Crippen molar-refractivity contribution in [3.8, 4) is 17.1 Å². The SMILES string of the molecule is CCOc1ccccc1-c1n[nH]c(=S)n1N=Cc1c(C)nn(C)c1C. The molecule has 25 heavy (non-hydrogen) atoms. The van der Waals surface area contributed by atoms with Gasteiger partial charge in [0.05, 0.1) is 24.1 Å². The van der Waals surface area contributed by atoms with Crippen LogP contribution in [-0.2, 0) is 7.05 Å². The van der Waals surface area contributed by atoms with E-state index in [1.807, 2.05) is 56.8 Å². The van der Waals surface area contributed by atoms with Crippen LogP contribution in [0.15, 0.2) is 29.4 Å². The van der Waals surface area contributed by atoms with Crippen LogP contribution in [0.3, 0.4) is 0 Å². The second kappa shape index (κ2) is 7.02. The second-order valence-corrected chi connectivity index (χ2v) is 5.93. The predicted molar refractivity (Wildman–Crippen MR) is 99.7 cm³/mol. The second-order valence-electron chi connectivity index (χ2n) is 5.55. The average molecular weight is 356 g/mol. The first kappa shape index (κ1) is 17.1. The van der Waals surface area contributed by atoms with E-state index in [9.17, 15) is 0 Å². The summed E-state index contributed by atoms with van der Waals surface area (Å²) < 4.78 is 9.53. The zero-order valence-corrected chi connectivity index (χ0v) is 15.5. The lowest BCUT2D eigenvalue weighted by atomic mass is 10.2. The van der Waals surface area contributed by atoms with E-state index in [0.29, 0.717) is 17.2 Å². The summed E-state index contributed by atoms with van der Waals surface area (Å²) in [5, 5.41) is 16.1. The highest BCUT2D eigenvalue weighted by Crippen LogP contribution is 2.28. The van der Waals surface area contributed by atoms with Gasteiger partial charge in [0.25, 0.3) is 0 Å². The van der Waals surface area contributed by atoms with Gasteiger partial charge in [0.2, 0.25) is 4.77 Å². The molecule has 0 saturated heterocycles. The van der Waals surface area contributed by atoms with Gasteiger partial charge in [-0.1, -0.05) is 12.1 Å². The first-order chi connectivity index (χ1) is 12.0. The van der Waals surface area contributed by atoms with Crippen molar-refractivity contribution in [1.82, 2.24) is 24.7 Å². The third kappa shape index (κ3) is 3.25. The molecule has 0 aliphatic heterocycles. The Labute approximate surface area is 151 Å². The van der Waals surface area contributed by atoms with Crippen molar-refractivity contribution in [3.05, 3.63) is 46.0 Å². The van der Waals surface area contributed by atoms with Crippen LogP contribution in [0.2, 0.25) is 0 Å². The number of aromatic nitrogens is 5. The fourth-order valence-corrected chi connectivity index (χ4v) is 2.78. The molecule has 8 heteroatoms. The largest absolute Gasteiger partial charge is 0.493 e. The fraction of sp³-hybridized carbons (Fsp3) is 0.294. The van der Waals surface area contributed by atoms with Gasteiger partial charge in [0, 0.05) is 18.3 Å². The normalized spacial score (nSPS) is 11.4. The summed E-state index contributed by atoms with van der Waals surface area (Å²) in [5.41, 5.74) is 3.74. The Balaban J connectivity index is 2.07. The molecule has 2 aromatic heterocycles. The minimum absolute atomic E-state index is 0.414. The first-order valence-electron chi connectivity index (χ1n) is 7.97. The number of H-pyrrole nitrogens is 1. The van der Waals surface area contributed by atoms with Crippen LogP contribution in [0.4, 0.5) is 0 Å². The van der Waals surface area contributed by atoms with E-state index in [1.54, 1.807) is 10.9 Å². The van der Waals surface area contributed by atoms with E-state index >= 15 is 0 Å². The number of benzene rings is 1. The highest BCUT2D eigenvalue weighted by molar-refractivity contribution is 7.71. The highest BCUT2D eigenvalue weighted by Gasteiger charge is 2.14. The molecule has 2 heterocycles. The molecule has 3 aromatic rings. The lowest BCUT2D eigenvalue weighted by Crippen LogP contribution is -1.99. The Hall–Kier alpha value is -2.74. The topological polar surface area (TPSA) is 73.0 Å². The van der Waals surface area contributed by atoms with Crippen molar-refractivity contribution in [1.29, 1.82) is 0 Å². The van der Waals surface area contributed by atoms with Crippen molar-refractivity contribution in [2.75, 3.05) is 6.61 Å². The molecular weight excluding hydrogens is 336 g/mol. The predicted octanol–water partition coefficient (Wildman–Crippen LogP) is 3.24. The third-order valence-corrected chi connectivity index (χ3v) is 4.21. The fourth-order valence-electron chi connectivity index (χ4n) is 2.60. The van der Waals surface area contributed by atoms with Crippen molar-refractivity contribution in [2.45, 2.75) is 20.8 Å². The number of aryl methyl sites for hydroxylation is 2. The van der Waals surface area contributed by atoms with Gasteiger partial charge in [0.15, 0.2) is 5.82 Å². The zero-order valence-electron chi connectivity index (χ0n) is 14.6. The quantitative estimate of drug-likeness (QED) is 0.563. The molecule has 0 amide bonds. The molecular formula is C17H20N6OS. The number of para-hydroxylation sites is 1. The number of rotatable bonds is 5. The number of nitrogens with zero attached hydrogens (tertiary/aromatic N) is 5. The lowest BCUT2D eigenvalue weighted by molar-refractivity contribution is 0.341. The van der Waals surface area contributed by atoms with Crippen LogP contribution < -0.4 is 4.74 Å². The molecule has 1 N–H and O–H groups in total. The van der Waals surface area contributed by atoms with Crippen LogP contribution in [0.5, 0.6) is 5.75 Å². The Morgan fingerprint density at radius 3 is 2.76 bits per heavy atom. The van der Waals surface area contributed by atoms with E-state index in [1.165, 1.54) is 0 Å². The number of aromatic amines is 1. The van der Waals surface area contributed by atoms with Crippen molar-refractivity contribution in [2.24, 2.45) is 12.1 Å². The van der Waals surface area contributed by atoms with Gasteiger partial charge in [-0.25, -0.2) is 5.10 Å². The number of hydrogen-bond acceptors (Lipinski definition) is 5. The van der Waals surface area contributed by atoms with Crippen LogP contribution in [0.1, 0.15) is 23.9 Å². The number of ether oxygens (including phenoxy) is 1. The standard InChI is InChI=1S/C17H20N6OS/c1-5-24-15-9-7-6-8-13(15)16-19-20-17(25)23(16)18-10-14-11(2)21-22(4)12(14)3/h6-10H,5H2,1-4H3,(H,20,25). The summed E-state index contributed by atoms with van der Waals surface area (Å²) in [6.07, 6.45) is 1.76. The van der Waals surface area contributed by atoms with Gasteiger partial charge in [-0.2, -0.15) is 20.0 Å². The van der Waals surface area contributed by atoms with Gasteiger partial charge in [-0.3, -0.25) is 4.68 Å². The molecule has 0 saturated carbocycles. The molecule has 0 aliphatic rings. The van der Waals surface area contributed by atoms with Gasteiger partial charge < -0.3 is 4.74 Å². The maximum absolute atomic E-state index is 5.69. The molecule has 0 atom stereocenters.